The molecular weight excluding hydrogens is 262 g/mol. The normalized spacial score (nSPS) is 16.1. The summed E-state index contributed by atoms with van der Waals surface area (Å²) in [6, 6.07) is 3.63. The van der Waals surface area contributed by atoms with Crippen LogP contribution in [-0.4, -0.2) is 37.0 Å². The minimum Gasteiger partial charge on any atom is -0.352 e. The summed E-state index contributed by atoms with van der Waals surface area (Å²) in [6.45, 7) is 3.65. The number of hydrogen-bond donors (Lipinski definition) is 1. The molecule has 1 N–H and O–H groups in total. The molecule has 1 amide bonds. The van der Waals surface area contributed by atoms with E-state index in [1.807, 2.05) is 0 Å². The molecule has 1 aromatic carbocycles. The second-order valence-electron chi connectivity index (χ2n) is 5.11. The lowest BCUT2D eigenvalue weighted by Gasteiger charge is -2.26. The number of carbonyl (C=O) groups excluding carboxylic acids is 1. The first kappa shape index (κ1) is 14.9. The maximum atomic E-state index is 13.4. The SMILES string of the molecule is O=C(NCCCN1CCCCC1)c1cccc(F)c1F. The van der Waals surface area contributed by atoms with Gasteiger partial charge in [0.2, 0.25) is 0 Å². The number of amides is 1. The number of nitrogens with zero attached hydrogens (tertiary/aromatic N) is 1. The Morgan fingerprint density at radius 3 is 2.70 bits per heavy atom. The van der Waals surface area contributed by atoms with Gasteiger partial charge in [0.05, 0.1) is 5.56 Å². The van der Waals surface area contributed by atoms with Crippen LogP contribution in [0.1, 0.15) is 36.0 Å². The quantitative estimate of drug-likeness (QED) is 0.842. The van der Waals surface area contributed by atoms with Gasteiger partial charge in [0.1, 0.15) is 0 Å². The lowest BCUT2D eigenvalue weighted by Crippen LogP contribution is -2.33. The summed E-state index contributed by atoms with van der Waals surface area (Å²) < 4.78 is 26.4. The van der Waals surface area contributed by atoms with Crippen molar-refractivity contribution in [3.8, 4) is 0 Å². The lowest BCUT2D eigenvalue weighted by atomic mass is 10.1. The first-order chi connectivity index (χ1) is 9.68. The molecule has 20 heavy (non-hydrogen) atoms. The van der Waals surface area contributed by atoms with Crippen molar-refractivity contribution < 1.29 is 13.6 Å². The minimum atomic E-state index is -1.08. The molecule has 0 bridgehead atoms. The Kier molecular flexibility index (Phi) is 5.47. The van der Waals surface area contributed by atoms with E-state index in [-0.39, 0.29) is 5.56 Å². The zero-order valence-corrected chi connectivity index (χ0v) is 11.5. The zero-order valence-electron chi connectivity index (χ0n) is 11.5. The fraction of sp³-hybridized carbons (Fsp3) is 0.533. The van der Waals surface area contributed by atoms with E-state index >= 15 is 0 Å². The van der Waals surface area contributed by atoms with Crippen molar-refractivity contribution in [1.82, 2.24) is 10.2 Å². The average molecular weight is 282 g/mol. The standard InChI is InChI=1S/C15H20F2N2O/c16-13-7-4-6-12(14(13)17)15(20)18-8-5-11-19-9-2-1-3-10-19/h4,6-7H,1-3,5,8-11H2,(H,18,20). The monoisotopic (exact) mass is 282 g/mol. The fourth-order valence-electron chi connectivity index (χ4n) is 2.46. The number of rotatable bonds is 5. The van der Waals surface area contributed by atoms with Crippen LogP contribution in [0.3, 0.4) is 0 Å². The molecule has 0 aliphatic carbocycles. The topological polar surface area (TPSA) is 32.3 Å². The van der Waals surface area contributed by atoms with E-state index < -0.39 is 17.5 Å². The molecule has 3 nitrogen and oxygen atoms in total. The van der Waals surface area contributed by atoms with Crippen LogP contribution in [0, 0.1) is 11.6 Å². The molecule has 0 spiro atoms. The van der Waals surface area contributed by atoms with Crippen molar-refractivity contribution in [2.75, 3.05) is 26.2 Å². The van der Waals surface area contributed by atoms with Gasteiger partial charge in [0.25, 0.3) is 5.91 Å². The van der Waals surface area contributed by atoms with Gasteiger partial charge in [-0.25, -0.2) is 8.78 Å². The van der Waals surface area contributed by atoms with Gasteiger partial charge in [-0.15, -0.1) is 0 Å². The first-order valence-corrected chi connectivity index (χ1v) is 7.13. The average Bonchev–Trinajstić information content (AvgIpc) is 2.47. The summed E-state index contributed by atoms with van der Waals surface area (Å²) in [7, 11) is 0. The predicted octanol–water partition coefficient (Wildman–Crippen LogP) is 2.57. The van der Waals surface area contributed by atoms with Crippen LogP contribution in [0.15, 0.2) is 18.2 Å². The number of halogens is 2. The Labute approximate surface area is 118 Å². The molecule has 2 rings (SSSR count). The van der Waals surface area contributed by atoms with Crippen molar-refractivity contribution >= 4 is 5.91 Å². The Morgan fingerprint density at radius 2 is 1.95 bits per heavy atom. The first-order valence-electron chi connectivity index (χ1n) is 7.13. The Morgan fingerprint density at radius 1 is 1.20 bits per heavy atom. The molecular formula is C15H20F2N2O. The molecule has 0 saturated carbocycles. The Bertz CT molecular complexity index is 459. The van der Waals surface area contributed by atoms with Gasteiger partial charge in [-0.3, -0.25) is 4.79 Å². The van der Waals surface area contributed by atoms with Crippen LogP contribution < -0.4 is 5.32 Å². The third kappa shape index (κ3) is 4.00. The molecule has 110 valence electrons. The number of hydrogen-bond acceptors (Lipinski definition) is 2. The highest BCUT2D eigenvalue weighted by molar-refractivity contribution is 5.94. The highest BCUT2D eigenvalue weighted by Crippen LogP contribution is 2.11. The van der Waals surface area contributed by atoms with Gasteiger partial charge in [-0.1, -0.05) is 12.5 Å². The van der Waals surface area contributed by atoms with Gasteiger partial charge in [-0.2, -0.15) is 0 Å². The molecule has 0 atom stereocenters. The van der Waals surface area contributed by atoms with Crippen LogP contribution >= 0.6 is 0 Å². The van der Waals surface area contributed by atoms with Gasteiger partial charge in [0, 0.05) is 6.54 Å². The smallest absolute Gasteiger partial charge is 0.254 e. The molecule has 1 aliphatic heterocycles. The number of piperidine rings is 1. The fourth-order valence-corrected chi connectivity index (χ4v) is 2.46. The molecule has 1 saturated heterocycles. The van der Waals surface area contributed by atoms with Crippen molar-refractivity contribution in [1.29, 1.82) is 0 Å². The van der Waals surface area contributed by atoms with Gasteiger partial charge >= 0.3 is 0 Å². The molecule has 1 fully saturated rings. The van der Waals surface area contributed by atoms with Crippen LogP contribution in [-0.2, 0) is 0 Å². The van der Waals surface area contributed by atoms with Crippen molar-refractivity contribution in [3.05, 3.63) is 35.4 Å². The summed E-state index contributed by atoms with van der Waals surface area (Å²) in [6.07, 6.45) is 4.59. The van der Waals surface area contributed by atoms with Crippen molar-refractivity contribution in [3.63, 3.8) is 0 Å². The Hall–Kier alpha value is -1.49. The van der Waals surface area contributed by atoms with Crippen LogP contribution in [0.5, 0.6) is 0 Å². The summed E-state index contributed by atoms with van der Waals surface area (Å²) in [5.41, 5.74) is -0.233. The van der Waals surface area contributed by atoms with E-state index in [9.17, 15) is 13.6 Å². The maximum absolute atomic E-state index is 13.4. The second kappa shape index (κ2) is 7.33. The second-order valence-corrected chi connectivity index (χ2v) is 5.11. The molecule has 1 heterocycles. The van der Waals surface area contributed by atoms with Crippen LogP contribution in [0.25, 0.3) is 0 Å². The highest BCUT2D eigenvalue weighted by Gasteiger charge is 2.14. The van der Waals surface area contributed by atoms with Gasteiger partial charge in [-0.05, 0) is 51.0 Å². The van der Waals surface area contributed by atoms with Gasteiger partial charge in [0.15, 0.2) is 11.6 Å². The van der Waals surface area contributed by atoms with Crippen LogP contribution in [0.2, 0.25) is 0 Å². The van der Waals surface area contributed by atoms with Gasteiger partial charge < -0.3 is 10.2 Å². The molecule has 0 aromatic heterocycles. The number of likely N-dealkylation sites (tertiary alicyclic amines) is 1. The molecule has 5 heteroatoms. The van der Waals surface area contributed by atoms with E-state index in [0.29, 0.717) is 6.54 Å². The number of nitrogens with one attached hydrogen (secondary N) is 1. The third-order valence-corrected chi connectivity index (χ3v) is 3.58. The van der Waals surface area contributed by atoms with Crippen LogP contribution in [0.4, 0.5) is 8.78 Å². The van der Waals surface area contributed by atoms with E-state index in [1.54, 1.807) is 0 Å². The number of carbonyl (C=O) groups is 1. The third-order valence-electron chi connectivity index (χ3n) is 3.58. The molecule has 0 radical (unpaired) electrons. The minimum absolute atomic E-state index is 0.233. The highest BCUT2D eigenvalue weighted by atomic mass is 19.2. The molecule has 0 unspecified atom stereocenters. The zero-order chi connectivity index (χ0) is 14.4. The van der Waals surface area contributed by atoms with E-state index in [2.05, 4.69) is 10.2 Å². The molecule has 1 aromatic rings. The lowest BCUT2D eigenvalue weighted by molar-refractivity contribution is 0.0946. The summed E-state index contributed by atoms with van der Waals surface area (Å²) in [5, 5.41) is 2.63. The van der Waals surface area contributed by atoms with E-state index in [1.165, 1.54) is 31.4 Å². The van der Waals surface area contributed by atoms with E-state index in [4.69, 9.17) is 0 Å². The van der Waals surface area contributed by atoms with Crippen molar-refractivity contribution in [2.45, 2.75) is 25.7 Å². The summed E-state index contributed by atoms with van der Waals surface area (Å²) in [5.74, 6) is -2.63. The maximum Gasteiger partial charge on any atom is 0.254 e. The Balaban J connectivity index is 1.73. The summed E-state index contributed by atoms with van der Waals surface area (Å²) in [4.78, 5) is 14.1. The molecule has 1 aliphatic rings. The largest absolute Gasteiger partial charge is 0.352 e. The van der Waals surface area contributed by atoms with E-state index in [0.717, 1.165) is 32.1 Å². The predicted molar refractivity (Wildman–Crippen MR) is 73.6 cm³/mol. The van der Waals surface area contributed by atoms with Crippen molar-refractivity contribution in [2.24, 2.45) is 0 Å². The number of benzene rings is 1. The summed E-state index contributed by atoms with van der Waals surface area (Å²) >= 11 is 0.